The first-order valence-corrected chi connectivity index (χ1v) is 4.05. The van der Waals surface area contributed by atoms with Crippen molar-refractivity contribution in [3.63, 3.8) is 0 Å². The van der Waals surface area contributed by atoms with Crippen molar-refractivity contribution in [2.24, 2.45) is 0 Å². The third-order valence-corrected chi connectivity index (χ3v) is 1.96. The second-order valence-corrected chi connectivity index (χ2v) is 2.89. The number of ether oxygens (including phenoxy) is 1. The highest BCUT2D eigenvalue weighted by Gasteiger charge is 2.09. The van der Waals surface area contributed by atoms with Crippen molar-refractivity contribution in [2.45, 2.75) is 6.92 Å². The van der Waals surface area contributed by atoms with Gasteiger partial charge >= 0.3 is 5.97 Å². The Balaban J connectivity index is 3.32. The minimum atomic E-state index is -0.412. The van der Waals surface area contributed by atoms with Crippen LogP contribution in [0.5, 0.6) is 0 Å². The second-order valence-electron chi connectivity index (χ2n) is 2.89. The van der Waals surface area contributed by atoms with Crippen LogP contribution in [-0.2, 0) is 4.74 Å². The Hall–Kier alpha value is -1.95. The Morgan fingerprint density at radius 2 is 2.21 bits per heavy atom. The van der Waals surface area contributed by atoms with Gasteiger partial charge in [-0.25, -0.2) is 4.79 Å². The fourth-order valence-corrected chi connectivity index (χ4v) is 1.15. The van der Waals surface area contributed by atoms with Gasteiger partial charge in [-0.2, -0.15) is 0 Å². The van der Waals surface area contributed by atoms with Crippen molar-refractivity contribution in [1.29, 1.82) is 0 Å². The number of nitrogens with two attached hydrogens (primary N) is 1. The summed E-state index contributed by atoms with van der Waals surface area (Å²) >= 11 is 0. The number of hydrogen-bond donors (Lipinski definition) is 1. The average Bonchev–Trinajstić information content (AvgIpc) is 2.20. The number of methoxy groups -OCH3 is 1. The van der Waals surface area contributed by atoms with E-state index in [1.54, 1.807) is 19.1 Å². The molecule has 0 saturated carbocycles. The molecule has 3 nitrogen and oxygen atoms in total. The van der Waals surface area contributed by atoms with Crippen LogP contribution in [-0.4, -0.2) is 13.1 Å². The van der Waals surface area contributed by atoms with Gasteiger partial charge in [-0.3, -0.25) is 0 Å². The number of aryl methyl sites for hydroxylation is 1. The molecule has 72 valence electrons. The summed E-state index contributed by atoms with van der Waals surface area (Å²) < 4.78 is 4.58. The van der Waals surface area contributed by atoms with Gasteiger partial charge in [0.1, 0.15) is 0 Å². The summed E-state index contributed by atoms with van der Waals surface area (Å²) in [5, 5.41) is 0. The molecule has 0 bridgehead atoms. The van der Waals surface area contributed by atoms with Crippen LogP contribution >= 0.6 is 0 Å². The number of hydrogen-bond acceptors (Lipinski definition) is 3. The van der Waals surface area contributed by atoms with E-state index in [2.05, 4.69) is 10.7 Å². The van der Waals surface area contributed by atoms with Crippen LogP contribution in [0.4, 0.5) is 5.69 Å². The van der Waals surface area contributed by atoms with Gasteiger partial charge in [-0.15, -0.1) is 6.42 Å². The SMILES string of the molecule is C#Cc1cc(C(=O)OC)cc(C)c1N. The normalized spacial score (nSPS) is 9.21. The van der Waals surface area contributed by atoms with E-state index in [1.165, 1.54) is 7.11 Å². The quantitative estimate of drug-likeness (QED) is 0.412. The van der Waals surface area contributed by atoms with Gasteiger partial charge in [0.2, 0.25) is 0 Å². The maximum absolute atomic E-state index is 11.2. The molecule has 0 saturated heterocycles. The maximum atomic E-state index is 11.2. The molecule has 0 unspecified atom stereocenters. The fraction of sp³-hybridized carbons (Fsp3) is 0.182. The van der Waals surface area contributed by atoms with Crippen molar-refractivity contribution >= 4 is 11.7 Å². The van der Waals surface area contributed by atoms with E-state index in [1.807, 2.05) is 0 Å². The Morgan fingerprint density at radius 1 is 1.57 bits per heavy atom. The number of rotatable bonds is 1. The topological polar surface area (TPSA) is 52.3 Å². The molecule has 1 rings (SSSR count). The monoisotopic (exact) mass is 189 g/mol. The molecule has 0 spiro atoms. The van der Waals surface area contributed by atoms with Gasteiger partial charge in [0.05, 0.1) is 18.4 Å². The average molecular weight is 189 g/mol. The van der Waals surface area contributed by atoms with Crippen LogP contribution in [0.25, 0.3) is 0 Å². The molecule has 14 heavy (non-hydrogen) atoms. The lowest BCUT2D eigenvalue weighted by Gasteiger charge is -2.06. The summed E-state index contributed by atoms with van der Waals surface area (Å²) in [5.74, 6) is 2.01. The fourth-order valence-electron chi connectivity index (χ4n) is 1.15. The minimum Gasteiger partial charge on any atom is -0.465 e. The predicted molar refractivity (Wildman–Crippen MR) is 54.9 cm³/mol. The number of benzene rings is 1. The van der Waals surface area contributed by atoms with Crippen LogP contribution in [0.2, 0.25) is 0 Å². The van der Waals surface area contributed by atoms with E-state index in [-0.39, 0.29) is 0 Å². The molecule has 0 aliphatic carbocycles. The molecule has 0 aliphatic heterocycles. The highest BCUT2D eigenvalue weighted by Crippen LogP contribution is 2.19. The summed E-state index contributed by atoms with van der Waals surface area (Å²) in [7, 11) is 1.32. The van der Waals surface area contributed by atoms with E-state index in [0.717, 1.165) is 5.56 Å². The Morgan fingerprint density at radius 3 is 2.71 bits per heavy atom. The Kier molecular flexibility index (Phi) is 2.78. The molecular formula is C11H11NO2. The zero-order valence-corrected chi connectivity index (χ0v) is 8.13. The molecular weight excluding hydrogens is 178 g/mol. The van der Waals surface area contributed by atoms with E-state index < -0.39 is 5.97 Å². The van der Waals surface area contributed by atoms with E-state index in [4.69, 9.17) is 12.2 Å². The number of nitrogen functional groups attached to an aromatic ring is 1. The van der Waals surface area contributed by atoms with Gasteiger partial charge in [0, 0.05) is 5.56 Å². The number of terminal acetylenes is 1. The van der Waals surface area contributed by atoms with Gasteiger partial charge in [0.25, 0.3) is 0 Å². The predicted octanol–water partition coefficient (Wildman–Crippen LogP) is 1.35. The maximum Gasteiger partial charge on any atom is 0.337 e. The van der Waals surface area contributed by atoms with Crippen molar-refractivity contribution in [1.82, 2.24) is 0 Å². The van der Waals surface area contributed by atoms with Gasteiger partial charge in [0.15, 0.2) is 0 Å². The van der Waals surface area contributed by atoms with Crippen LogP contribution in [0.1, 0.15) is 21.5 Å². The molecule has 0 fully saturated rings. The van der Waals surface area contributed by atoms with Crippen molar-refractivity contribution in [2.75, 3.05) is 12.8 Å². The molecule has 0 atom stereocenters. The number of esters is 1. The molecule has 0 heterocycles. The lowest BCUT2D eigenvalue weighted by atomic mass is 10.0. The Labute approximate surface area is 82.9 Å². The first-order chi connectivity index (χ1) is 6.60. The number of carbonyl (C=O) groups excluding carboxylic acids is 1. The molecule has 0 amide bonds. The molecule has 0 aliphatic rings. The molecule has 0 radical (unpaired) electrons. The first kappa shape index (κ1) is 10.1. The lowest BCUT2D eigenvalue weighted by Crippen LogP contribution is -2.04. The van der Waals surface area contributed by atoms with Gasteiger partial charge < -0.3 is 10.5 Å². The van der Waals surface area contributed by atoms with E-state index in [9.17, 15) is 4.79 Å². The summed E-state index contributed by atoms with van der Waals surface area (Å²) in [6.45, 7) is 1.79. The highest BCUT2D eigenvalue weighted by molar-refractivity contribution is 5.91. The molecule has 0 aromatic heterocycles. The van der Waals surface area contributed by atoms with Crippen LogP contribution < -0.4 is 5.73 Å². The van der Waals surface area contributed by atoms with Crippen LogP contribution in [0.15, 0.2) is 12.1 Å². The minimum absolute atomic E-state index is 0.412. The molecule has 1 aromatic rings. The number of anilines is 1. The highest BCUT2D eigenvalue weighted by atomic mass is 16.5. The third kappa shape index (κ3) is 1.69. The first-order valence-electron chi connectivity index (χ1n) is 4.05. The standard InChI is InChI=1S/C11H11NO2/c1-4-8-6-9(11(13)14-3)5-7(2)10(8)12/h1,5-6H,12H2,2-3H3. The number of carbonyl (C=O) groups is 1. The second kappa shape index (κ2) is 3.84. The smallest absolute Gasteiger partial charge is 0.337 e. The van der Waals surface area contributed by atoms with Gasteiger partial charge in [-0.05, 0) is 24.6 Å². The van der Waals surface area contributed by atoms with Crippen molar-refractivity contribution < 1.29 is 9.53 Å². The largest absolute Gasteiger partial charge is 0.465 e. The van der Waals surface area contributed by atoms with Gasteiger partial charge in [-0.1, -0.05) is 5.92 Å². The van der Waals surface area contributed by atoms with Crippen LogP contribution in [0, 0.1) is 19.3 Å². The van der Waals surface area contributed by atoms with Crippen molar-refractivity contribution in [3.8, 4) is 12.3 Å². The molecule has 3 heteroatoms. The van der Waals surface area contributed by atoms with E-state index >= 15 is 0 Å². The summed E-state index contributed by atoms with van der Waals surface area (Å²) in [4.78, 5) is 11.2. The third-order valence-electron chi connectivity index (χ3n) is 1.96. The van der Waals surface area contributed by atoms with E-state index in [0.29, 0.717) is 16.8 Å². The molecule has 2 N–H and O–H groups in total. The summed E-state index contributed by atoms with van der Waals surface area (Å²) in [6.07, 6.45) is 5.25. The zero-order valence-electron chi connectivity index (χ0n) is 8.13. The Bertz CT molecular complexity index is 416. The zero-order chi connectivity index (χ0) is 10.7. The molecule has 1 aromatic carbocycles. The van der Waals surface area contributed by atoms with Crippen molar-refractivity contribution in [3.05, 3.63) is 28.8 Å². The lowest BCUT2D eigenvalue weighted by molar-refractivity contribution is 0.0600. The summed E-state index contributed by atoms with van der Waals surface area (Å²) in [5.41, 5.74) is 7.96. The van der Waals surface area contributed by atoms with Crippen LogP contribution in [0.3, 0.4) is 0 Å². The summed E-state index contributed by atoms with van der Waals surface area (Å²) in [6, 6.07) is 3.20.